The van der Waals surface area contributed by atoms with Crippen LogP contribution in [0, 0.1) is 0 Å². The number of nitrogens with one attached hydrogen (secondary N) is 2. The third kappa shape index (κ3) is 3.77. The van der Waals surface area contributed by atoms with Crippen molar-refractivity contribution in [1.82, 2.24) is 5.43 Å². The minimum atomic E-state index is 0.957. The molecule has 92 valence electrons. The highest BCUT2D eigenvalue weighted by Gasteiger charge is 2.03. The number of hydrogen-bond donors (Lipinski definition) is 2. The van der Waals surface area contributed by atoms with E-state index in [0.717, 1.165) is 30.9 Å². The van der Waals surface area contributed by atoms with Gasteiger partial charge in [0.15, 0.2) is 0 Å². The molecule has 0 bridgehead atoms. The van der Waals surface area contributed by atoms with Crippen molar-refractivity contribution in [1.29, 1.82) is 0 Å². The van der Waals surface area contributed by atoms with E-state index in [-0.39, 0.29) is 0 Å². The Morgan fingerprint density at radius 2 is 1.88 bits per heavy atom. The molecule has 0 radical (unpaired) electrons. The van der Waals surface area contributed by atoms with E-state index in [2.05, 4.69) is 47.0 Å². The lowest BCUT2D eigenvalue weighted by molar-refractivity contribution is 0.729. The lowest BCUT2D eigenvalue weighted by Crippen LogP contribution is -2.29. The fourth-order valence-electron chi connectivity index (χ4n) is 1.94. The lowest BCUT2D eigenvalue weighted by Gasteiger charge is -2.11. The molecule has 0 saturated carbocycles. The number of anilines is 1. The van der Waals surface area contributed by atoms with Crippen LogP contribution in [0.25, 0.3) is 0 Å². The van der Waals surface area contributed by atoms with E-state index < -0.39 is 0 Å². The summed E-state index contributed by atoms with van der Waals surface area (Å²) in [4.78, 5) is 4.52. The van der Waals surface area contributed by atoms with Crippen LogP contribution in [0.2, 0.25) is 0 Å². The number of rotatable bonds is 3. The number of hydrogen-bond acceptors (Lipinski definition) is 3. The zero-order valence-electron chi connectivity index (χ0n) is 10.5. The minimum Gasteiger partial charge on any atom is -0.300 e. The van der Waals surface area contributed by atoms with Gasteiger partial charge in [-0.25, -0.2) is 0 Å². The summed E-state index contributed by atoms with van der Waals surface area (Å²) in [6, 6.07) is 8.50. The van der Waals surface area contributed by atoms with Crippen LogP contribution in [0.5, 0.6) is 0 Å². The van der Waals surface area contributed by atoms with Crippen LogP contribution in [0.4, 0.5) is 5.69 Å². The fourth-order valence-corrected chi connectivity index (χ4v) is 1.94. The summed E-state index contributed by atoms with van der Waals surface area (Å²) in [6.07, 6.45) is 5.89. The van der Waals surface area contributed by atoms with Crippen LogP contribution in [0.15, 0.2) is 29.3 Å². The van der Waals surface area contributed by atoms with Gasteiger partial charge < -0.3 is 0 Å². The molecule has 1 heterocycles. The van der Waals surface area contributed by atoms with Crippen molar-refractivity contribution in [3.63, 3.8) is 0 Å². The average molecular weight is 231 g/mol. The molecule has 0 unspecified atom stereocenters. The minimum absolute atomic E-state index is 0.957. The van der Waals surface area contributed by atoms with Gasteiger partial charge in [-0.2, -0.15) is 0 Å². The van der Waals surface area contributed by atoms with Crippen molar-refractivity contribution in [3.8, 4) is 0 Å². The maximum atomic E-state index is 4.52. The molecule has 0 spiro atoms. The summed E-state index contributed by atoms with van der Waals surface area (Å²) in [5.74, 6) is 1.09. The second-order valence-electron chi connectivity index (χ2n) is 4.44. The van der Waals surface area contributed by atoms with Crippen molar-refractivity contribution in [2.24, 2.45) is 4.99 Å². The number of amidine groups is 1. The summed E-state index contributed by atoms with van der Waals surface area (Å²) in [6.45, 7) is 3.12. The van der Waals surface area contributed by atoms with E-state index in [1.165, 1.54) is 24.8 Å². The van der Waals surface area contributed by atoms with E-state index >= 15 is 0 Å². The molecule has 0 saturated heterocycles. The molecule has 17 heavy (non-hydrogen) atoms. The Morgan fingerprint density at radius 1 is 1.06 bits per heavy atom. The zero-order chi connectivity index (χ0) is 11.9. The Hall–Kier alpha value is -1.51. The van der Waals surface area contributed by atoms with Crippen molar-refractivity contribution in [3.05, 3.63) is 29.8 Å². The Labute approximate surface area is 103 Å². The first-order chi connectivity index (χ1) is 8.38. The van der Waals surface area contributed by atoms with Gasteiger partial charge in [0.1, 0.15) is 5.84 Å². The van der Waals surface area contributed by atoms with Gasteiger partial charge in [-0.3, -0.25) is 15.8 Å². The van der Waals surface area contributed by atoms with Gasteiger partial charge in [0.2, 0.25) is 0 Å². The summed E-state index contributed by atoms with van der Waals surface area (Å²) in [5.41, 5.74) is 8.88. The molecule has 0 aliphatic carbocycles. The Balaban J connectivity index is 1.85. The second-order valence-corrected chi connectivity index (χ2v) is 4.44. The first kappa shape index (κ1) is 12.0. The zero-order valence-corrected chi connectivity index (χ0v) is 10.5. The molecule has 1 aromatic carbocycles. The molecule has 1 aliphatic rings. The average Bonchev–Trinajstić information content (AvgIpc) is 2.65. The van der Waals surface area contributed by atoms with Gasteiger partial charge in [0.25, 0.3) is 0 Å². The predicted molar refractivity (Wildman–Crippen MR) is 73.3 cm³/mol. The molecule has 1 aromatic rings. The monoisotopic (exact) mass is 231 g/mol. The molecule has 0 fully saturated rings. The topological polar surface area (TPSA) is 36.4 Å². The highest BCUT2D eigenvalue weighted by molar-refractivity contribution is 5.83. The van der Waals surface area contributed by atoms with Crippen LogP contribution < -0.4 is 10.9 Å². The van der Waals surface area contributed by atoms with Gasteiger partial charge in [-0.15, -0.1) is 0 Å². The molecule has 2 rings (SSSR count). The molecule has 1 aliphatic heterocycles. The third-order valence-corrected chi connectivity index (χ3v) is 3.09. The van der Waals surface area contributed by atoms with Crippen LogP contribution in [-0.4, -0.2) is 12.4 Å². The number of hydrazine groups is 1. The van der Waals surface area contributed by atoms with Crippen LogP contribution >= 0.6 is 0 Å². The maximum absolute atomic E-state index is 4.52. The van der Waals surface area contributed by atoms with E-state index in [1.807, 2.05) is 0 Å². The first-order valence-corrected chi connectivity index (χ1v) is 6.53. The van der Waals surface area contributed by atoms with E-state index in [9.17, 15) is 0 Å². The molecule has 0 atom stereocenters. The molecule has 3 heteroatoms. The van der Waals surface area contributed by atoms with Crippen LogP contribution in [0.3, 0.4) is 0 Å². The van der Waals surface area contributed by atoms with Crippen molar-refractivity contribution in [2.75, 3.05) is 12.0 Å². The van der Waals surface area contributed by atoms with Gasteiger partial charge in [-0.1, -0.05) is 25.5 Å². The number of aryl methyl sites for hydroxylation is 1. The predicted octanol–water partition coefficient (Wildman–Crippen LogP) is 3.14. The second kappa shape index (κ2) is 6.28. The summed E-state index contributed by atoms with van der Waals surface area (Å²) in [5, 5.41) is 0. The largest absolute Gasteiger partial charge is 0.300 e. The molecule has 0 amide bonds. The van der Waals surface area contributed by atoms with Crippen molar-refractivity contribution >= 4 is 11.5 Å². The van der Waals surface area contributed by atoms with Gasteiger partial charge in [-0.05, 0) is 37.0 Å². The van der Waals surface area contributed by atoms with E-state index in [1.54, 1.807) is 0 Å². The number of nitrogens with zero attached hydrogens (tertiary/aromatic N) is 1. The van der Waals surface area contributed by atoms with Gasteiger partial charge >= 0.3 is 0 Å². The van der Waals surface area contributed by atoms with E-state index in [4.69, 9.17) is 0 Å². The first-order valence-electron chi connectivity index (χ1n) is 6.53. The van der Waals surface area contributed by atoms with Crippen molar-refractivity contribution < 1.29 is 0 Å². The Kier molecular flexibility index (Phi) is 4.42. The van der Waals surface area contributed by atoms with Gasteiger partial charge in [0, 0.05) is 13.0 Å². The lowest BCUT2D eigenvalue weighted by atomic mass is 10.1. The molecular formula is C14H21N3. The normalized spacial score (nSPS) is 15.9. The fraction of sp³-hybridized carbons (Fsp3) is 0.500. The summed E-state index contributed by atoms with van der Waals surface area (Å²) in [7, 11) is 0. The van der Waals surface area contributed by atoms with Gasteiger partial charge in [0.05, 0.1) is 5.69 Å². The smallest absolute Gasteiger partial charge is 0.115 e. The van der Waals surface area contributed by atoms with Crippen molar-refractivity contribution in [2.45, 2.75) is 39.0 Å². The highest BCUT2D eigenvalue weighted by atomic mass is 15.4. The molecular weight excluding hydrogens is 210 g/mol. The molecule has 3 nitrogen and oxygen atoms in total. The summed E-state index contributed by atoms with van der Waals surface area (Å²) >= 11 is 0. The van der Waals surface area contributed by atoms with Crippen LogP contribution in [0.1, 0.15) is 38.2 Å². The molecule has 0 aromatic heterocycles. The highest BCUT2D eigenvalue weighted by Crippen LogP contribution is 2.10. The quantitative estimate of drug-likeness (QED) is 0.784. The SMILES string of the molecule is CCc1ccc(NNC2=NCCCCC2)cc1. The third-order valence-electron chi connectivity index (χ3n) is 3.09. The number of benzene rings is 1. The van der Waals surface area contributed by atoms with E-state index in [0.29, 0.717) is 0 Å². The maximum Gasteiger partial charge on any atom is 0.115 e. The van der Waals surface area contributed by atoms with Crippen LogP contribution in [-0.2, 0) is 6.42 Å². The molecule has 2 N–H and O–H groups in total. The Morgan fingerprint density at radius 3 is 2.65 bits per heavy atom. The number of aliphatic imine (C=N–C) groups is 1. The Bertz CT molecular complexity index is 368. The standard InChI is InChI=1S/C14H21N3/c1-2-12-7-9-13(10-8-12)16-17-14-6-4-3-5-11-15-14/h7-10,16H,2-6,11H2,1H3,(H,15,17). The summed E-state index contributed by atoms with van der Waals surface area (Å²) < 4.78 is 0.